The van der Waals surface area contributed by atoms with Gasteiger partial charge >= 0.3 is 6.09 Å². The highest BCUT2D eigenvalue weighted by atomic mass is 16.6. The lowest BCUT2D eigenvalue weighted by molar-refractivity contribution is -0.123. The first kappa shape index (κ1) is 27.2. The SMILES string of the molecule is CC(C)(C)OC(=O)N1CCN(c2ccc(NC(=O)C(Oc3cccc(C#N)c3)c3ccccc3)cc2)C(=O)C1. The van der Waals surface area contributed by atoms with E-state index in [0.717, 1.165) is 0 Å². The number of nitrogens with zero attached hydrogens (tertiary/aromatic N) is 3. The number of ether oxygens (including phenoxy) is 2. The fourth-order valence-corrected chi connectivity index (χ4v) is 4.04. The van der Waals surface area contributed by atoms with Crippen LogP contribution in [0.1, 0.15) is 38.0 Å². The number of hydrogen-bond acceptors (Lipinski definition) is 6. The van der Waals surface area contributed by atoms with Crippen LogP contribution >= 0.6 is 0 Å². The van der Waals surface area contributed by atoms with Crippen molar-refractivity contribution in [3.8, 4) is 11.8 Å². The lowest BCUT2D eigenvalue weighted by Gasteiger charge is -2.35. The Balaban J connectivity index is 1.43. The highest BCUT2D eigenvalue weighted by Gasteiger charge is 2.31. The van der Waals surface area contributed by atoms with Gasteiger partial charge in [0.15, 0.2) is 0 Å². The summed E-state index contributed by atoms with van der Waals surface area (Å²) < 4.78 is 11.4. The van der Waals surface area contributed by atoms with Crippen molar-refractivity contribution in [2.24, 2.45) is 0 Å². The number of benzene rings is 3. The van der Waals surface area contributed by atoms with Gasteiger partial charge in [-0.3, -0.25) is 14.5 Å². The maximum Gasteiger partial charge on any atom is 0.410 e. The molecule has 1 unspecified atom stereocenters. The highest BCUT2D eigenvalue weighted by Crippen LogP contribution is 2.26. The van der Waals surface area contributed by atoms with E-state index in [1.807, 2.05) is 18.2 Å². The van der Waals surface area contributed by atoms with E-state index >= 15 is 0 Å². The van der Waals surface area contributed by atoms with Crippen LogP contribution < -0.4 is 15.0 Å². The molecule has 9 heteroatoms. The molecule has 1 aliphatic heterocycles. The first-order valence-corrected chi connectivity index (χ1v) is 12.5. The largest absolute Gasteiger partial charge is 0.476 e. The van der Waals surface area contributed by atoms with Gasteiger partial charge in [0.05, 0.1) is 11.6 Å². The molecule has 4 rings (SSSR count). The van der Waals surface area contributed by atoms with Crippen molar-refractivity contribution in [2.45, 2.75) is 32.5 Å². The zero-order chi connectivity index (χ0) is 28.0. The van der Waals surface area contributed by atoms with Crippen LogP contribution in [-0.2, 0) is 14.3 Å². The summed E-state index contributed by atoms with van der Waals surface area (Å²) in [7, 11) is 0. The first-order valence-electron chi connectivity index (χ1n) is 12.5. The first-order chi connectivity index (χ1) is 18.6. The van der Waals surface area contributed by atoms with Crippen LogP contribution in [0, 0.1) is 11.3 Å². The highest BCUT2D eigenvalue weighted by molar-refractivity contribution is 5.98. The molecule has 1 atom stereocenters. The molecule has 1 heterocycles. The zero-order valence-corrected chi connectivity index (χ0v) is 22.1. The second kappa shape index (κ2) is 11.7. The van der Waals surface area contributed by atoms with Gasteiger partial charge in [-0.05, 0) is 63.2 Å². The molecule has 9 nitrogen and oxygen atoms in total. The van der Waals surface area contributed by atoms with E-state index in [9.17, 15) is 19.6 Å². The van der Waals surface area contributed by atoms with Crippen molar-refractivity contribution in [2.75, 3.05) is 29.9 Å². The number of rotatable bonds is 6. The number of piperazine rings is 1. The van der Waals surface area contributed by atoms with Crippen LogP contribution in [0.25, 0.3) is 0 Å². The summed E-state index contributed by atoms with van der Waals surface area (Å²) >= 11 is 0. The Kier molecular flexibility index (Phi) is 8.15. The minimum atomic E-state index is -0.956. The van der Waals surface area contributed by atoms with E-state index < -0.39 is 23.7 Å². The molecule has 1 N–H and O–H groups in total. The molecule has 3 aromatic rings. The van der Waals surface area contributed by atoms with Gasteiger partial charge in [0.2, 0.25) is 12.0 Å². The quantitative estimate of drug-likeness (QED) is 0.489. The fraction of sp³-hybridized carbons (Fsp3) is 0.267. The van der Waals surface area contributed by atoms with Crippen LogP contribution in [0.4, 0.5) is 16.2 Å². The lowest BCUT2D eigenvalue weighted by Crippen LogP contribution is -2.53. The Hall–Kier alpha value is -4.84. The summed E-state index contributed by atoms with van der Waals surface area (Å²) in [6.45, 7) is 5.95. The predicted octanol–water partition coefficient (Wildman–Crippen LogP) is 4.90. The van der Waals surface area contributed by atoms with Crippen molar-refractivity contribution in [1.82, 2.24) is 4.90 Å². The number of nitriles is 1. The number of amides is 3. The van der Waals surface area contributed by atoms with Gasteiger partial charge < -0.3 is 19.7 Å². The third-order valence-electron chi connectivity index (χ3n) is 5.88. The summed E-state index contributed by atoms with van der Waals surface area (Å²) in [6, 6.07) is 24.7. The average Bonchev–Trinajstić information content (AvgIpc) is 2.92. The second-order valence-electron chi connectivity index (χ2n) is 10.0. The number of carbonyl (C=O) groups is 3. The monoisotopic (exact) mass is 526 g/mol. The Morgan fingerprint density at radius 1 is 0.974 bits per heavy atom. The molecule has 0 saturated carbocycles. The smallest absolute Gasteiger partial charge is 0.410 e. The molecular formula is C30H30N4O5. The van der Waals surface area contributed by atoms with Crippen molar-refractivity contribution >= 4 is 29.3 Å². The van der Waals surface area contributed by atoms with E-state index in [4.69, 9.17) is 9.47 Å². The lowest BCUT2D eigenvalue weighted by atomic mass is 10.1. The van der Waals surface area contributed by atoms with Crippen molar-refractivity contribution < 1.29 is 23.9 Å². The van der Waals surface area contributed by atoms with Gasteiger partial charge in [-0.2, -0.15) is 5.26 Å². The van der Waals surface area contributed by atoms with Gasteiger partial charge in [0.25, 0.3) is 5.91 Å². The molecule has 3 amide bonds. The predicted molar refractivity (Wildman–Crippen MR) is 146 cm³/mol. The third-order valence-corrected chi connectivity index (χ3v) is 5.88. The summed E-state index contributed by atoms with van der Waals surface area (Å²) in [6.07, 6.45) is -1.47. The molecule has 3 aromatic carbocycles. The van der Waals surface area contributed by atoms with E-state index in [0.29, 0.717) is 41.3 Å². The van der Waals surface area contributed by atoms with Crippen LogP contribution in [0.15, 0.2) is 78.9 Å². The van der Waals surface area contributed by atoms with Crippen molar-refractivity contribution in [3.05, 3.63) is 90.0 Å². The third kappa shape index (κ3) is 7.14. The van der Waals surface area contributed by atoms with Crippen LogP contribution in [0.2, 0.25) is 0 Å². The van der Waals surface area contributed by atoms with Gasteiger partial charge in [-0.25, -0.2) is 4.79 Å². The van der Waals surface area contributed by atoms with E-state index in [2.05, 4.69) is 11.4 Å². The summed E-state index contributed by atoms with van der Waals surface area (Å²) in [5.41, 5.74) is 1.63. The summed E-state index contributed by atoms with van der Waals surface area (Å²) in [5.74, 6) is -0.211. The fourth-order valence-electron chi connectivity index (χ4n) is 4.04. The number of hydrogen-bond donors (Lipinski definition) is 1. The standard InChI is InChI=1S/C30H30N4O5/c1-30(2,3)39-29(37)33-16-17-34(26(35)20-33)24-14-12-23(13-15-24)32-28(36)27(22-9-5-4-6-10-22)38-25-11-7-8-21(18-25)19-31/h4-15,18,27H,16-17,20H2,1-3H3,(H,32,36). The second-order valence-corrected chi connectivity index (χ2v) is 10.0. The maximum absolute atomic E-state index is 13.3. The van der Waals surface area contributed by atoms with Gasteiger partial charge in [0, 0.05) is 30.0 Å². The van der Waals surface area contributed by atoms with Crippen LogP contribution in [0.3, 0.4) is 0 Å². The van der Waals surface area contributed by atoms with Crippen LogP contribution in [0.5, 0.6) is 5.75 Å². The molecule has 0 aromatic heterocycles. The molecule has 0 bridgehead atoms. The molecule has 0 radical (unpaired) electrons. The average molecular weight is 527 g/mol. The van der Waals surface area contributed by atoms with Crippen molar-refractivity contribution in [1.29, 1.82) is 5.26 Å². The van der Waals surface area contributed by atoms with Gasteiger partial charge in [0.1, 0.15) is 17.9 Å². The van der Waals surface area contributed by atoms with Gasteiger partial charge in [-0.15, -0.1) is 0 Å². The normalized spacial score (nSPS) is 14.3. The Morgan fingerprint density at radius 3 is 2.33 bits per heavy atom. The zero-order valence-electron chi connectivity index (χ0n) is 22.1. The van der Waals surface area contributed by atoms with E-state index in [1.165, 1.54) is 4.90 Å². The number of carbonyl (C=O) groups excluding carboxylic acids is 3. The molecule has 39 heavy (non-hydrogen) atoms. The topological polar surface area (TPSA) is 112 Å². The molecule has 1 aliphatic rings. The van der Waals surface area contributed by atoms with E-state index in [1.54, 1.807) is 86.3 Å². The minimum Gasteiger partial charge on any atom is -0.476 e. The maximum atomic E-state index is 13.3. The van der Waals surface area contributed by atoms with E-state index in [-0.39, 0.29) is 12.5 Å². The van der Waals surface area contributed by atoms with Crippen molar-refractivity contribution in [3.63, 3.8) is 0 Å². The minimum absolute atomic E-state index is 0.0729. The van der Waals surface area contributed by atoms with Crippen LogP contribution in [-0.4, -0.2) is 48.0 Å². The van der Waals surface area contributed by atoms with Gasteiger partial charge in [-0.1, -0.05) is 36.4 Å². The molecule has 1 fully saturated rings. The Labute approximate surface area is 227 Å². The molecule has 200 valence electrons. The molecular weight excluding hydrogens is 496 g/mol. The number of anilines is 2. The molecule has 0 spiro atoms. The summed E-state index contributed by atoms with van der Waals surface area (Å²) in [4.78, 5) is 41.4. The Morgan fingerprint density at radius 2 is 1.69 bits per heavy atom. The molecule has 1 saturated heterocycles. The Bertz CT molecular complexity index is 1380. The number of nitrogens with one attached hydrogen (secondary N) is 1. The molecule has 0 aliphatic carbocycles. The summed E-state index contributed by atoms with van der Waals surface area (Å²) in [5, 5.41) is 12.1.